The zero-order valence-electron chi connectivity index (χ0n) is 44.0. The number of amides is 1. The van der Waals surface area contributed by atoms with E-state index in [1.165, 1.54) is 11.1 Å². The van der Waals surface area contributed by atoms with Crippen LogP contribution >= 0.6 is 46.4 Å². The zero-order chi connectivity index (χ0) is 55.0. The maximum absolute atomic E-state index is 12.5. The highest BCUT2D eigenvalue weighted by atomic mass is 35.5. The first-order valence-electron chi connectivity index (χ1n) is 26.5. The minimum atomic E-state index is -1.90. The van der Waals surface area contributed by atoms with E-state index >= 15 is 0 Å². The van der Waals surface area contributed by atoms with Gasteiger partial charge in [-0.2, -0.15) is 20.4 Å². The number of aryl methyl sites for hydroxylation is 2. The van der Waals surface area contributed by atoms with Crippen LogP contribution in [0.15, 0.2) is 97.3 Å². The minimum absolute atomic E-state index is 0.0636. The van der Waals surface area contributed by atoms with Crippen molar-refractivity contribution in [2.75, 3.05) is 86.6 Å². The second-order valence-electron chi connectivity index (χ2n) is 19.9. The number of hydrogen-bond acceptors (Lipinski definition) is 14. The van der Waals surface area contributed by atoms with E-state index in [0.717, 1.165) is 94.9 Å². The number of aromatic nitrogens is 4. The molecule has 0 bridgehead atoms. The number of nitrogens with zero attached hydrogens (tertiary/aromatic N) is 6. The number of fused-ring (bicyclic) bond motifs is 2. The highest BCUT2D eigenvalue weighted by molar-refractivity contribution is 6.35. The van der Waals surface area contributed by atoms with Crippen LogP contribution in [0.4, 0.5) is 0 Å². The fraction of sp³-hybridized carbons (Fsp3) is 0.424. The molecule has 3 N–H and O–H groups in total. The van der Waals surface area contributed by atoms with Crippen molar-refractivity contribution in [1.82, 2.24) is 35.5 Å². The van der Waals surface area contributed by atoms with Gasteiger partial charge in [-0.05, 0) is 127 Å². The standard InChI is InChI=1S/C59H67Cl4N7O8/c1-69-34-50(48-28-44(60)30-54(62)52(48)36-69)40-10-3-8-38(24-40)42-26-46(67-65-32-42)12-5-16-75-20-21-77-18-7-14-56(71)57(72)58(73)59(74)64-15-19-78-23-22-76-17-6-13-47-27-43(33-66-68-47)39-9-4-11-41(25-39)51-35-70(2)37-53-49(51)29-45(61)31-55(53)63/h3-4,8-11,24-33,50-51,57-58,72-73H,5-7,12-23,34-37H2,1-2H3,(H,64,74)/t50-,51-,57-,58+/m0/s1. The van der Waals surface area contributed by atoms with Crippen LogP contribution in [-0.2, 0) is 54.5 Å². The molecule has 6 aromatic rings. The van der Waals surface area contributed by atoms with Gasteiger partial charge in [-0.1, -0.05) is 94.9 Å². The van der Waals surface area contributed by atoms with Crippen LogP contribution in [0, 0.1) is 0 Å². The summed E-state index contributed by atoms with van der Waals surface area (Å²) in [7, 11) is 4.20. The number of carbonyl (C=O) groups excluding carboxylic acids is 2. The molecule has 4 aromatic carbocycles. The zero-order valence-corrected chi connectivity index (χ0v) is 47.0. The number of carbonyl (C=O) groups is 2. The summed E-state index contributed by atoms with van der Waals surface area (Å²) in [5.41, 5.74) is 12.7. The van der Waals surface area contributed by atoms with Crippen LogP contribution < -0.4 is 5.32 Å². The lowest BCUT2D eigenvalue weighted by atomic mass is 9.84. The molecule has 414 valence electrons. The smallest absolute Gasteiger partial charge is 0.252 e. The van der Waals surface area contributed by atoms with Crippen molar-refractivity contribution in [3.63, 3.8) is 0 Å². The molecule has 0 saturated carbocycles. The maximum Gasteiger partial charge on any atom is 0.252 e. The molecule has 4 atom stereocenters. The number of likely N-dealkylation sites (N-methyl/N-ethyl adjacent to an activating group) is 2. The van der Waals surface area contributed by atoms with Gasteiger partial charge in [-0.3, -0.25) is 9.59 Å². The summed E-state index contributed by atoms with van der Waals surface area (Å²) in [6.07, 6.45) is 2.90. The Morgan fingerprint density at radius 2 is 1.05 bits per heavy atom. The Morgan fingerprint density at radius 3 is 1.54 bits per heavy atom. The number of Topliss-reactive ketones (excluding diaryl/α,β-unsaturated/α-hetero) is 1. The lowest BCUT2D eigenvalue weighted by Crippen LogP contribution is -2.46. The summed E-state index contributed by atoms with van der Waals surface area (Å²) in [5.74, 6) is -1.26. The van der Waals surface area contributed by atoms with Gasteiger partial charge in [0.15, 0.2) is 11.9 Å². The molecule has 8 rings (SSSR count). The van der Waals surface area contributed by atoms with Gasteiger partial charge < -0.3 is 44.3 Å². The van der Waals surface area contributed by atoms with Gasteiger partial charge in [0.1, 0.15) is 6.10 Å². The van der Waals surface area contributed by atoms with E-state index in [2.05, 4.69) is 110 Å². The van der Waals surface area contributed by atoms with Crippen molar-refractivity contribution >= 4 is 58.1 Å². The van der Waals surface area contributed by atoms with Crippen molar-refractivity contribution in [2.24, 2.45) is 0 Å². The molecule has 19 heteroatoms. The number of hydrogen-bond donors (Lipinski definition) is 3. The Balaban J connectivity index is 0.633. The number of nitrogens with one attached hydrogen (secondary N) is 1. The first-order valence-corrected chi connectivity index (χ1v) is 28.0. The number of ether oxygens (including phenoxy) is 4. The molecule has 2 aromatic heterocycles. The molecule has 1 amide bonds. The van der Waals surface area contributed by atoms with Crippen LogP contribution in [0.3, 0.4) is 0 Å². The largest absolute Gasteiger partial charge is 0.382 e. The van der Waals surface area contributed by atoms with Gasteiger partial charge in [-0.15, -0.1) is 0 Å². The lowest BCUT2D eigenvalue weighted by Gasteiger charge is -2.33. The lowest BCUT2D eigenvalue weighted by molar-refractivity contribution is -0.145. The molecule has 4 heterocycles. The van der Waals surface area contributed by atoms with Crippen LogP contribution in [0.2, 0.25) is 20.1 Å². The topological polar surface area (TPSA) is 182 Å². The van der Waals surface area contributed by atoms with E-state index in [9.17, 15) is 19.8 Å². The number of rotatable bonds is 28. The fourth-order valence-corrected chi connectivity index (χ4v) is 11.2. The molecular formula is C59H67Cl4N7O8. The third-order valence-corrected chi connectivity index (χ3v) is 15.1. The number of ketones is 1. The molecular weight excluding hydrogens is 1080 g/mol. The van der Waals surface area contributed by atoms with Gasteiger partial charge in [0.2, 0.25) is 0 Å². The predicted molar refractivity (Wildman–Crippen MR) is 303 cm³/mol. The van der Waals surface area contributed by atoms with Crippen LogP contribution in [0.1, 0.15) is 82.3 Å². The number of aliphatic hydroxyl groups is 2. The maximum atomic E-state index is 12.5. The van der Waals surface area contributed by atoms with E-state index in [1.54, 1.807) is 12.4 Å². The molecule has 0 saturated heterocycles. The van der Waals surface area contributed by atoms with E-state index in [0.29, 0.717) is 79.0 Å². The average molecular weight is 1140 g/mol. The Hall–Kier alpha value is -4.98. The van der Waals surface area contributed by atoms with Crippen molar-refractivity contribution in [1.29, 1.82) is 0 Å². The third-order valence-electron chi connectivity index (χ3n) is 14.0. The van der Waals surface area contributed by atoms with Gasteiger partial charge in [0, 0.05) is 102 Å². The molecule has 78 heavy (non-hydrogen) atoms. The first kappa shape index (κ1) is 59.1. The van der Waals surface area contributed by atoms with Gasteiger partial charge in [0.05, 0.1) is 56.8 Å². The summed E-state index contributed by atoms with van der Waals surface area (Å²) < 4.78 is 22.6. The summed E-state index contributed by atoms with van der Waals surface area (Å²) in [5, 5.41) is 43.1. The van der Waals surface area contributed by atoms with Crippen LogP contribution in [0.25, 0.3) is 22.3 Å². The molecule has 2 aliphatic rings. The Kier molecular flexibility index (Phi) is 22.3. The van der Waals surface area contributed by atoms with E-state index < -0.39 is 23.9 Å². The van der Waals surface area contributed by atoms with E-state index in [4.69, 9.17) is 65.4 Å². The Labute approximate surface area is 476 Å². The predicted octanol–water partition coefficient (Wildman–Crippen LogP) is 9.19. The second-order valence-corrected chi connectivity index (χ2v) is 21.6. The van der Waals surface area contributed by atoms with Gasteiger partial charge in [0.25, 0.3) is 5.91 Å². The van der Waals surface area contributed by atoms with Gasteiger partial charge >= 0.3 is 0 Å². The molecule has 0 unspecified atom stereocenters. The normalized spacial score (nSPS) is 16.4. The monoisotopic (exact) mass is 1140 g/mol. The average Bonchev–Trinajstić information content (AvgIpc) is 3.48. The fourth-order valence-electron chi connectivity index (χ4n) is 10.0. The van der Waals surface area contributed by atoms with Crippen LogP contribution in [0.5, 0.6) is 0 Å². The summed E-state index contributed by atoms with van der Waals surface area (Å²) >= 11 is 26.1. The molecule has 0 fully saturated rings. The highest BCUT2D eigenvalue weighted by Gasteiger charge is 2.31. The van der Waals surface area contributed by atoms with Crippen molar-refractivity contribution in [3.8, 4) is 22.3 Å². The molecule has 0 spiro atoms. The Morgan fingerprint density at radius 1 is 0.590 bits per heavy atom. The van der Waals surface area contributed by atoms with Gasteiger partial charge in [-0.25, -0.2) is 0 Å². The number of benzene rings is 4. The summed E-state index contributed by atoms with van der Waals surface area (Å²) in [6.45, 7) is 6.10. The summed E-state index contributed by atoms with van der Waals surface area (Å²) in [4.78, 5) is 29.5. The molecule has 0 aliphatic carbocycles. The summed E-state index contributed by atoms with van der Waals surface area (Å²) in [6, 6.07) is 28.8. The van der Waals surface area contributed by atoms with E-state index in [1.807, 2.05) is 24.3 Å². The number of halogens is 4. The van der Waals surface area contributed by atoms with E-state index in [-0.39, 0.29) is 38.0 Å². The molecule has 2 aliphatic heterocycles. The Bertz CT molecular complexity index is 2780. The molecule has 0 radical (unpaired) electrons. The van der Waals surface area contributed by atoms with Crippen molar-refractivity contribution in [2.45, 2.75) is 75.7 Å². The quantitative estimate of drug-likeness (QED) is 0.0396. The molecule has 15 nitrogen and oxygen atoms in total. The van der Waals surface area contributed by atoms with Crippen molar-refractivity contribution < 1.29 is 38.7 Å². The minimum Gasteiger partial charge on any atom is -0.382 e. The number of aliphatic hydroxyl groups excluding tert-OH is 2. The second kappa shape index (κ2) is 29.5. The first-order chi connectivity index (χ1) is 37.8. The van der Waals surface area contributed by atoms with Crippen LogP contribution in [-0.4, -0.2) is 151 Å². The SMILES string of the molecule is CN1Cc2c(Cl)cc(Cl)cc2[C@H](c2cccc(-c3cnnc(CCCOCCOCCCC(=O)[C@H](O)[C@@H](O)C(=O)NCCOCCOCCCc4cc(-c5cccc([C@@H]6CN(C)Cc7c(Cl)cc(Cl)cc76)c5)cnn4)c3)c2)C1. The van der Waals surface area contributed by atoms with Crippen molar-refractivity contribution in [3.05, 3.63) is 162 Å². The third kappa shape index (κ3) is 16.6. The highest BCUT2D eigenvalue weighted by Crippen LogP contribution is 2.41.